The zero-order valence-electron chi connectivity index (χ0n) is 11.6. The van der Waals surface area contributed by atoms with Gasteiger partial charge in [0, 0.05) is 16.0 Å². The van der Waals surface area contributed by atoms with E-state index in [0.717, 1.165) is 5.56 Å². The van der Waals surface area contributed by atoms with Crippen molar-refractivity contribution in [3.63, 3.8) is 0 Å². The summed E-state index contributed by atoms with van der Waals surface area (Å²) in [5, 5.41) is 3.40. The molecule has 0 aromatic heterocycles. The number of benzene rings is 2. The molecular formula is C16H14BrClFNO2. The van der Waals surface area contributed by atoms with Gasteiger partial charge in [0.1, 0.15) is 0 Å². The molecule has 1 amide bonds. The van der Waals surface area contributed by atoms with Gasteiger partial charge in [-0.15, -0.1) is 0 Å². The summed E-state index contributed by atoms with van der Waals surface area (Å²) in [7, 11) is 0. The van der Waals surface area contributed by atoms with E-state index in [-0.39, 0.29) is 18.3 Å². The van der Waals surface area contributed by atoms with Gasteiger partial charge in [-0.1, -0.05) is 39.7 Å². The molecule has 0 radical (unpaired) electrons. The number of hydrogen-bond acceptors (Lipinski definition) is 2. The van der Waals surface area contributed by atoms with E-state index in [4.69, 9.17) is 16.3 Å². The first kappa shape index (κ1) is 16.8. The lowest BCUT2D eigenvalue weighted by Gasteiger charge is -2.08. The van der Waals surface area contributed by atoms with Crippen LogP contribution in [-0.2, 0) is 11.2 Å². The third-order valence-electron chi connectivity index (χ3n) is 2.90. The van der Waals surface area contributed by atoms with Crippen LogP contribution in [0.2, 0.25) is 5.02 Å². The van der Waals surface area contributed by atoms with Gasteiger partial charge in [-0.3, -0.25) is 4.79 Å². The molecule has 3 nitrogen and oxygen atoms in total. The first-order valence-electron chi connectivity index (χ1n) is 6.63. The Balaban J connectivity index is 1.72. The zero-order valence-corrected chi connectivity index (χ0v) is 14.0. The molecule has 1 N–H and O–H groups in total. The third kappa shape index (κ3) is 5.31. The van der Waals surface area contributed by atoms with Gasteiger partial charge in [0.2, 0.25) is 0 Å². The van der Waals surface area contributed by atoms with Gasteiger partial charge in [-0.05, 0) is 42.3 Å². The molecule has 0 spiro atoms. The fraction of sp³-hybridized carbons (Fsp3) is 0.188. The van der Waals surface area contributed by atoms with E-state index in [1.54, 1.807) is 18.2 Å². The minimum atomic E-state index is -0.511. The predicted molar refractivity (Wildman–Crippen MR) is 87.8 cm³/mol. The monoisotopic (exact) mass is 385 g/mol. The number of amides is 1. The van der Waals surface area contributed by atoms with Crippen LogP contribution in [0.5, 0.6) is 5.75 Å². The summed E-state index contributed by atoms with van der Waals surface area (Å²) in [5.74, 6) is -0.754. The number of hydrogen-bond donors (Lipinski definition) is 1. The quantitative estimate of drug-likeness (QED) is 0.815. The summed E-state index contributed by atoms with van der Waals surface area (Å²) in [5.41, 5.74) is 1.07. The molecule has 0 saturated carbocycles. The van der Waals surface area contributed by atoms with Gasteiger partial charge in [-0.2, -0.15) is 0 Å². The minimum Gasteiger partial charge on any atom is -0.481 e. The molecule has 116 valence electrons. The average Bonchev–Trinajstić information content (AvgIpc) is 2.48. The van der Waals surface area contributed by atoms with Crippen molar-refractivity contribution in [3.8, 4) is 5.75 Å². The van der Waals surface area contributed by atoms with Gasteiger partial charge in [0.25, 0.3) is 5.91 Å². The van der Waals surface area contributed by atoms with Crippen LogP contribution in [0.4, 0.5) is 4.39 Å². The largest absolute Gasteiger partial charge is 0.481 e. The van der Waals surface area contributed by atoms with Gasteiger partial charge in [0.15, 0.2) is 18.2 Å². The molecule has 6 heteroatoms. The van der Waals surface area contributed by atoms with Crippen molar-refractivity contribution in [2.75, 3.05) is 13.2 Å². The SMILES string of the molecule is O=C(COc1ccc(Br)cc1F)NCCc1ccc(Cl)cc1. The maximum Gasteiger partial charge on any atom is 0.257 e. The molecule has 0 saturated heterocycles. The summed E-state index contributed by atoms with van der Waals surface area (Å²) in [4.78, 5) is 11.7. The lowest BCUT2D eigenvalue weighted by Crippen LogP contribution is -2.30. The number of carbonyl (C=O) groups is 1. The molecule has 2 aromatic carbocycles. The second-order valence-electron chi connectivity index (χ2n) is 4.59. The summed E-state index contributed by atoms with van der Waals surface area (Å²) in [6.45, 7) is 0.256. The first-order valence-corrected chi connectivity index (χ1v) is 7.80. The first-order chi connectivity index (χ1) is 10.5. The second kappa shape index (κ2) is 8.15. The minimum absolute atomic E-state index is 0.0519. The highest BCUT2D eigenvalue weighted by Crippen LogP contribution is 2.21. The molecule has 0 heterocycles. The molecule has 0 fully saturated rings. The topological polar surface area (TPSA) is 38.3 Å². The number of ether oxygens (including phenoxy) is 1. The van der Waals surface area contributed by atoms with Crippen LogP contribution in [0.3, 0.4) is 0 Å². The molecule has 22 heavy (non-hydrogen) atoms. The molecule has 0 unspecified atom stereocenters. The van der Waals surface area contributed by atoms with Crippen molar-refractivity contribution in [1.82, 2.24) is 5.32 Å². The molecule has 0 atom stereocenters. The van der Waals surface area contributed by atoms with E-state index in [9.17, 15) is 9.18 Å². The van der Waals surface area contributed by atoms with E-state index >= 15 is 0 Å². The van der Waals surface area contributed by atoms with Gasteiger partial charge >= 0.3 is 0 Å². The molecule has 0 aliphatic rings. The lowest BCUT2D eigenvalue weighted by atomic mass is 10.1. The van der Waals surface area contributed by atoms with Crippen LogP contribution >= 0.6 is 27.5 Å². The maximum atomic E-state index is 13.5. The van der Waals surface area contributed by atoms with Gasteiger partial charge in [-0.25, -0.2) is 4.39 Å². The standard InChI is InChI=1S/C16H14BrClFNO2/c17-12-3-6-15(14(19)9-12)22-10-16(21)20-8-7-11-1-4-13(18)5-2-11/h1-6,9H,7-8,10H2,(H,20,21). The summed E-state index contributed by atoms with van der Waals surface area (Å²) < 4.78 is 19.3. The van der Waals surface area contributed by atoms with Crippen molar-refractivity contribution in [2.45, 2.75) is 6.42 Å². The van der Waals surface area contributed by atoms with Crippen LogP contribution in [-0.4, -0.2) is 19.1 Å². The van der Waals surface area contributed by atoms with Crippen LogP contribution in [0.25, 0.3) is 0 Å². The zero-order chi connectivity index (χ0) is 15.9. The Bertz CT molecular complexity index is 649. The van der Waals surface area contributed by atoms with Crippen LogP contribution < -0.4 is 10.1 Å². The predicted octanol–water partition coefficient (Wildman–Crippen LogP) is 3.98. The van der Waals surface area contributed by atoms with Crippen LogP contribution in [0, 0.1) is 5.82 Å². The molecule has 2 rings (SSSR count). The van der Waals surface area contributed by atoms with Crippen molar-refractivity contribution in [3.05, 3.63) is 63.3 Å². The average molecular weight is 387 g/mol. The summed E-state index contributed by atoms with van der Waals surface area (Å²) in [6.07, 6.45) is 0.690. The van der Waals surface area contributed by atoms with Crippen molar-refractivity contribution in [1.29, 1.82) is 0 Å². The molecule has 0 bridgehead atoms. The van der Waals surface area contributed by atoms with Crippen molar-refractivity contribution >= 4 is 33.4 Å². The molecule has 0 aliphatic carbocycles. The van der Waals surface area contributed by atoms with E-state index in [1.807, 2.05) is 12.1 Å². The summed E-state index contributed by atoms with van der Waals surface area (Å²) >= 11 is 8.95. The van der Waals surface area contributed by atoms with E-state index in [0.29, 0.717) is 22.5 Å². The number of carbonyl (C=O) groups excluding carboxylic acids is 1. The smallest absolute Gasteiger partial charge is 0.257 e. The molecule has 2 aromatic rings. The Labute approximate surface area is 141 Å². The number of nitrogens with one attached hydrogen (secondary N) is 1. The Morgan fingerprint density at radius 3 is 2.64 bits per heavy atom. The lowest BCUT2D eigenvalue weighted by molar-refractivity contribution is -0.123. The van der Waals surface area contributed by atoms with E-state index in [1.165, 1.54) is 12.1 Å². The van der Waals surface area contributed by atoms with Crippen LogP contribution in [0.15, 0.2) is 46.9 Å². The highest BCUT2D eigenvalue weighted by molar-refractivity contribution is 9.10. The number of halogens is 3. The Kier molecular flexibility index (Phi) is 6.21. The van der Waals surface area contributed by atoms with Gasteiger partial charge in [0.05, 0.1) is 0 Å². The fourth-order valence-corrected chi connectivity index (χ4v) is 2.24. The van der Waals surface area contributed by atoms with Crippen molar-refractivity contribution in [2.24, 2.45) is 0 Å². The Morgan fingerprint density at radius 1 is 1.23 bits per heavy atom. The third-order valence-corrected chi connectivity index (χ3v) is 3.65. The van der Waals surface area contributed by atoms with Crippen LogP contribution in [0.1, 0.15) is 5.56 Å². The maximum absolute atomic E-state index is 13.5. The van der Waals surface area contributed by atoms with Crippen molar-refractivity contribution < 1.29 is 13.9 Å². The number of rotatable bonds is 6. The Hall–Kier alpha value is -1.59. The Morgan fingerprint density at radius 2 is 1.95 bits per heavy atom. The molecule has 0 aliphatic heterocycles. The summed E-state index contributed by atoms with van der Waals surface area (Å²) in [6, 6.07) is 11.8. The second-order valence-corrected chi connectivity index (χ2v) is 5.94. The molecular weight excluding hydrogens is 373 g/mol. The fourth-order valence-electron chi connectivity index (χ4n) is 1.78. The highest BCUT2D eigenvalue weighted by atomic mass is 79.9. The normalized spacial score (nSPS) is 10.3. The van der Waals surface area contributed by atoms with Gasteiger partial charge < -0.3 is 10.1 Å². The van der Waals surface area contributed by atoms with E-state index < -0.39 is 5.82 Å². The highest BCUT2D eigenvalue weighted by Gasteiger charge is 2.07. The van der Waals surface area contributed by atoms with E-state index in [2.05, 4.69) is 21.2 Å².